The Bertz CT molecular complexity index is 585. The SMILES string of the molecule is N#CCC1CCN(Cc2ccc(C3=CCCCC3)cc2)CC1F. The highest BCUT2D eigenvalue weighted by atomic mass is 19.1. The number of rotatable bonds is 4. The zero-order valence-electron chi connectivity index (χ0n) is 13.7. The summed E-state index contributed by atoms with van der Waals surface area (Å²) in [7, 11) is 0. The molecule has 0 radical (unpaired) electrons. The van der Waals surface area contributed by atoms with Crippen LogP contribution in [0, 0.1) is 17.2 Å². The fourth-order valence-electron chi connectivity index (χ4n) is 3.69. The van der Waals surface area contributed by atoms with Gasteiger partial charge in [-0.15, -0.1) is 0 Å². The lowest BCUT2D eigenvalue weighted by molar-refractivity contribution is 0.0821. The Kier molecular flexibility index (Phi) is 5.46. The van der Waals surface area contributed by atoms with E-state index in [1.807, 2.05) is 0 Å². The Balaban J connectivity index is 1.57. The third-order valence-corrected chi connectivity index (χ3v) is 5.14. The average molecular weight is 312 g/mol. The van der Waals surface area contributed by atoms with Crippen molar-refractivity contribution in [3.05, 3.63) is 41.5 Å². The zero-order chi connectivity index (χ0) is 16.1. The molecule has 0 saturated carbocycles. The molecule has 2 aliphatic rings. The summed E-state index contributed by atoms with van der Waals surface area (Å²) in [6.07, 6.45) is 7.64. The summed E-state index contributed by atoms with van der Waals surface area (Å²) < 4.78 is 14.1. The van der Waals surface area contributed by atoms with Crippen LogP contribution in [0.1, 0.15) is 49.7 Å². The minimum absolute atomic E-state index is 0.0723. The first-order valence-electron chi connectivity index (χ1n) is 8.78. The van der Waals surface area contributed by atoms with Gasteiger partial charge in [0.15, 0.2) is 0 Å². The minimum Gasteiger partial charge on any atom is -0.296 e. The average Bonchev–Trinajstić information content (AvgIpc) is 2.59. The first-order valence-corrected chi connectivity index (χ1v) is 8.78. The summed E-state index contributed by atoms with van der Waals surface area (Å²) in [6, 6.07) is 10.9. The Morgan fingerprint density at radius 3 is 2.70 bits per heavy atom. The maximum atomic E-state index is 14.1. The molecule has 1 aromatic carbocycles. The number of hydrogen-bond donors (Lipinski definition) is 0. The molecule has 122 valence electrons. The number of halogens is 1. The number of hydrogen-bond acceptors (Lipinski definition) is 2. The van der Waals surface area contributed by atoms with Crippen LogP contribution in [0.2, 0.25) is 0 Å². The van der Waals surface area contributed by atoms with Gasteiger partial charge in [-0.05, 0) is 55.3 Å². The van der Waals surface area contributed by atoms with Gasteiger partial charge in [-0.1, -0.05) is 30.3 Å². The second-order valence-corrected chi connectivity index (χ2v) is 6.83. The van der Waals surface area contributed by atoms with Crippen LogP contribution in [0.15, 0.2) is 30.3 Å². The maximum Gasteiger partial charge on any atom is 0.117 e. The van der Waals surface area contributed by atoms with Crippen molar-refractivity contribution in [3.8, 4) is 6.07 Å². The monoisotopic (exact) mass is 312 g/mol. The highest BCUT2D eigenvalue weighted by Crippen LogP contribution is 2.28. The van der Waals surface area contributed by atoms with E-state index in [-0.39, 0.29) is 5.92 Å². The van der Waals surface area contributed by atoms with Crippen molar-refractivity contribution >= 4 is 5.57 Å². The van der Waals surface area contributed by atoms with Crippen LogP contribution in [0.3, 0.4) is 0 Å². The van der Waals surface area contributed by atoms with E-state index in [1.165, 1.54) is 42.4 Å². The minimum atomic E-state index is -0.866. The quantitative estimate of drug-likeness (QED) is 0.804. The fraction of sp³-hybridized carbons (Fsp3) is 0.550. The van der Waals surface area contributed by atoms with E-state index in [2.05, 4.69) is 41.3 Å². The van der Waals surface area contributed by atoms with E-state index < -0.39 is 6.17 Å². The van der Waals surface area contributed by atoms with Gasteiger partial charge in [-0.3, -0.25) is 4.90 Å². The molecule has 0 N–H and O–H groups in total. The molecule has 0 aromatic heterocycles. The molecule has 0 amide bonds. The number of allylic oxidation sites excluding steroid dienone is 2. The van der Waals surface area contributed by atoms with E-state index in [0.717, 1.165) is 19.5 Å². The summed E-state index contributed by atoms with van der Waals surface area (Å²) in [5.74, 6) is -0.0723. The summed E-state index contributed by atoms with van der Waals surface area (Å²) in [6.45, 7) is 2.15. The molecule has 3 heteroatoms. The Hall–Kier alpha value is -1.66. The van der Waals surface area contributed by atoms with Crippen LogP contribution >= 0.6 is 0 Å². The Morgan fingerprint density at radius 2 is 2.04 bits per heavy atom. The van der Waals surface area contributed by atoms with Crippen molar-refractivity contribution in [3.63, 3.8) is 0 Å². The lowest BCUT2D eigenvalue weighted by atomic mass is 9.91. The molecular weight excluding hydrogens is 287 g/mol. The van der Waals surface area contributed by atoms with Crippen molar-refractivity contribution < 1.29 is 4.39 Å². The number of likely N-dealkylation sites (tertiary alicyclic amines) is 1. The molecular formula is C20H25FN2. The largest absolute Gasteiger partial charge is 0.296 e. The second-order valence-electron chi connectivity index (χ2n) is 6.83. The van der Waals surface area contributed by atoms with Gasteiger partial charge in [-0.25, -0.2) is 4.39 Å². The number of benzene rings is 1. The van der Waals surface area contributed by atoms with Crippen molar-refractivity contribution in [2.45, 2.75) is 51.2 Å². The van der Waals surface area contributed by atoms with Gasteiger partial charge in [0.05, 0.1) is 6.07 Å². The normalized spacial score (nSPS) is 25.7. The predicted molar refractivity (Wildman–Crippen MR) is 91.4 cm³/mol. The van der Waals surface area contributed by atoms with Gasteiger partial charge >= 0.3 is 0 Å². The lowest BCUT2D eigenvalue weighted by Gasteiger charge is -2.33. The Morgan fingerprint density at radius 1 is 1.22 bits per heavy atom. The molecule has 0 spiro atoms. The van der Waals surface area contributed by atoms with E-state index in [4.69, 9.17) is 5.26 Å². The summed E-state index contributed by atoms with van der Waals surface area (Å²) in [5, 5.41) is 8.74. The molecule has 1 saturated heterocycles. The van der Waals surface area contributed by atoms with Gasteiger partial charge in [-0.2, -0.15) is 5.26 Å². The van der Waals surface area contributed by atoms with Crippen LogP contribution in [-0.4, -0.2) is 24.2 Å². The summed E-state index contributed by atoms with van der Waals surface area (Å²) in [4.78, 5) is 2.17. The first kappa shape index (κ1) is 16.2. The lowest BCUT2D eigenvalue weighted by Crippen LogP contribution is -2.41. The summed E-state index contributed by atoms with van der Waals surface area (Å²) in [5.41, 5.74) is 4.06. The molecule has 1 fully saturated rings. The molecule has 1 aromatic rings. The molecule has 2 nitrogen and oxygen atoms in total. The molecule has 0 bridgehead atoms. The van der Waals surface area contributed by atoms with Crippen LogP contribution in [0.25, 0.3) is 5.57 Å². The maximum absolute atomic E-state index is 14.1. The standard InChI is InChI=1S/C20H25FN2/c21-20-15-23(13-11-19(20)10-12-22)14-16-6-8-18(9-7-16)17-4-2-1-3-5-17/h4,6-9,19-20H,1-3,5,10-11,13-15H2. The van der Waals surface area contributed by atoms with Crippen LogP contribution < -0.4 is 0 Å². The Labute approximate surface area is 138 Å². The van der Waals surface area contributed by atoms with Gasteiger partial charge < -0.3 is 0 Å². The third-order valence-electron chi connectivity index (χ3n) is 5.14. The highest BCUT2D eigenvalue weighted by Gasteiger charge is 2.28. The van der Waals surface area contributed by atoms with E-state index >= 15 is 0 Å². The van der Waals surface area contributed by atoms with Gasteiger partial charge in [0.2, 0.25) is 0 Å². The fourth-order valence-corrected chi connectivity index (χ4v) is 3.69. The van der Waals surface area contributed by atoms with Crippen molar-refractivity contribution in [2.75, 3.05) is 13.1 Å². The molecule has 2 atom stereocenters. The van der Waals surface area contributed by atoms with Crippen LogP contribution in [0.4, 0.5) is 4.39 Å². The zero-order valence-corrected chi connectivity index (χ0v) is 13.7. The van der Waals surface area contributed by atoms with Gasteiger partial charge in [0.1, 0.15) is 6.17 Å². The number of nitrogens with zero attached hydrogens (tertiary/aromatic N) is 2. The molecule has 1 heterocycles. The molecule has 2 unspecified atom stereocenters. The van der Waals surface area contributed by atoms with Gasteiger partial charge in [0, 0.05) is 25.4 Å². The van der Waals surface area contributed by atoms with Crippen molar-refractivity contribution in [2.24, 2.45) is 5.92 Å². The summed E-state index contributed by atoms with van der Waals surface area (Å²) >= 11 is 0. The van der Waals surface area contributed by atoms with E-state index in [0.29, 0.717) is 13.0 Å². The van der Waals surface area contributed by atoms with Gasteiger partial charge in [0.25, 0.3) is 0 Å². The van der Waals surface area contributed by atoms with E-state index in [9.17, 15) is 4.39 Å². The predicted octanol–water partition coefficient (Wildman–Crippen LogP) is 4.72. The number of alkyl halides is 1. The second kappa shape index (κ2) is 7.75. The topological polar surface area (TPSA) is 27.0 Å². The first-order chi connectivity index (χ1) is 11.3. The van der Waals surface area contributed by atoms with Crippen molar-refractivity contribution in [1.82, 2.24) is 4.90 Å². The number of piperidine rings is 1. The number of nitriles is 1. The van der Waals surface area contributed by atoms with Crippen molar-refractivity contribution in [1.29, 1.82) is 5.26 Å². The molecule has 23 heavy (non-hydrogen) atoms. The third kappa shape index (κ3) is 4.20. The van der Waals surface area contributed by atoms with Crippen LogP contribution in [0.5, 0.6) is 0 Å². The van der Waals surface area contributed by atoms with E-state index in [1.54, 1.807) is 0 Å². The van der Waals surface area contributed by atoms with Crippen LogP contribution in [-0.2, 0) is 6.54 Å². The highest BCUT2D eigenvalue weighted by molar-refractivity contribution is 5.66. The smallest absolute Gasteiger partial charge is 0.117 e. The molecule has 1 aliphatic carbocycles. The molecule has 1 aliphatic heterocycles. The molecule has 3 rings (SSSR count).